The number of aromatic nitrogens is 3. The van der Waals surface area contributed by atoms with E-state index in [1.807, 2.05) is 36.9 Å². The van der Waals surface area contributed by atoms with Gasteiger partial charge in [-0.1, -0.05) is 30.3 Å². The third kappa shape index (κ3) is 4.40. The number of carbonyl (C=O) groups is 2. The van der Waals surface area contributed by atoms with Crippen molar-refractivity contribution >= 4 is 23.3 Å². The number of nitrogens with zero attached hydrogens (tertiary/aromatic N) is 4. The van der Waals surface area contributed by atoms with Crippen molar-refractivity contribution in [3.05, 3.63) is 65.7 Å². The number of rotatable bonds is 5. The Morgan fingerprint density at radius 2 is 1.82 bits per heavy atom. The fraction of sp³-hybridized carbons (Fsp3) is 0.400. The van der Waals surface area contributed by atoms with E-state index >= 15 is 0 Å². The number of thiazole rings is 1. The van der Waals surface area contributed by atoms with Gasteiger partial charge in [0.25, 0.3) is 5.91 Å². The molecule has 2 amide bonds. The summed E-state index contributed by atoms with van der Waals surface area (Å²) in [5.74, 6) is -0.174. The molecule has 1 aromatic carbocycles. The van der Waals surface area contributed by atoms with Crippen molar-refractivity contribution in [3.63, 3.8) is 0 Å². The number of cyclic esters (lactones) is 1. The predicted octanol–water partition coefficient (Wildman–Crippen LogP) is 4.61. The highest BCUT2D eigenvalue weighted by Gasteiger charge is 2.51. The van der Waals surface area contributed by atoms with Gasteiger partial charge in [-0.2, -0.15) is 0 Å². The van der Waals surface area contributed by atoms with Crippen molar-refractivity contribution in [1.29, 1.82) is 0 Å². The van der Waals surface area contributed by atoms with Gasteiger partial charge in [0, 0.05) is 35.4 Å². The molecule has 0 radical (unpaired) electrons. The normalized spacial score (nSPS) is 24.0. The Labute approximate surface area is 202 Å². The SMILES string of the molecule is CC1(C)OC(=O)N(C2CCC(NC(=O)c3csc(-c4cncnc4)n3)CC2)[C@H]1c1ccccc1. The van der Waals surface area contributed by atoms with Crippen LogP contribution in [0.25, 0.3) is 10.6 Å². The number of amides is 2. The fourth-order valence-electron chi connectivity index (χ4n) is 5.01. The van der Waals surface area contributed by atoms with Crippen LogP contribution in [0.3, 0.4) is 0 Å². The summed E-state index contributed by atoms with van der Waals surface area (Å²) >= 11 is 1.40. The van der Waals surface area contributed by atoms with Crippen LogP contribution in [0.2, 0.25) is 0 Å². The van der Waals surface area contributed by atoms with Crippen LogP contribution >= 0.6 is 11.3 Å². The molecule has 176 valence electrons. The molecule has 0 unspecified atom stereocenters. The summed E-state index contributed by atoms with van der Waals surface area (Å²) in [6.07, 6.45) is 7.78. The number of carbonyl (C=O) groups excluding carboxylic acids is 2. The van der Waals surface area contributed by atoms with Gasteiger partial charge in [-0.25, -0.2) is 19.7 Å². The first-order valence-electron chi connectivity index (χ1n) is 11.5. The number of hydrogen-bond acceptors (Lipinski definition) is 7. The van der Waals surface area contributed by atoms with Crippen molar-refractivity contribution in [2.45, 2.75) is 63.3 Å². The minimum absolute atomic E-state index is 0.0516. The molecule has 8 nitrogen and oxygen atoms in total. The van der Waals surface area contributed by atoms with E-state index in [9.17, 15) is 9.59 Å². The van der Waals surface area contributed by atoms with E-state index in [4.69, 9.17) is 4.74 Å². The first-order chi connectivity index (χ1) is 16.4. The number of ether oxygens (including phenoxy) is 1. The molecule has 9 heteroatoms. The molecule has 1 N–H and O–H groups in total. The Bertz CT molecular complexity index is 1160. The van der Waals surface area contributed by atoms with Crippen LogP contribution in [-0.2, 0) is 4.74 Å². The summed E-state index contributed by atoms with van der Waals surface area (Å²) in [5.41, 5.74) is 1.67. The number of nitrogens with one attached hydrogen (secondary N) is 1. The fourth-order valence-corrected chi connectivity index (χ4v) is 5.78. The molecule has 1 aliphatic carbocycles. The minimum Gasteiger partial charge on any atom is -0.441 e. The largest absolute Gasteiger partial charge is 0.441 e. The number of benzene rings is 1. The second-order valence-electron chi connectivity index (χ2n) is 9.34. The Hall–Kier alpha value is -3.33. The molecule has 5 rings (SSSR count). The van der Waals surface area contributed by atoms with Gasteiger partial charge in [-0.3, -0.25) is 9.69 Å². The Balaban J connectivity index is 1.22. The molecule has 1 saturated carbocycles. The maximum Gasteiger partial charge on any atom is 0.411 e. The standard InChI is InChI=1S/C25H27N5O3S/c1-25(2)21(16-6-4-3-5-7-16)30(24(32)33-25)19-10-8-18(9-11-19)28-22(31)20-14-34-23(29-20)17-12-26-15-27-13-17/h3-7,12-15,18-19,21H,8-11H2,1-2H3,(H,28,31)/t18?,19?,21-/m0/s1. The zero-order chi connectivity index (χ0) is 23.7. The maximum absolute atomic E-state index is 12.9. The zero-order valence-electron chi connectivity index (χ0n) is 19.2. The molecule has 2 fully saturated rings. The van der Waals surface area contributed by atoms with E-state index in [0.717, 1.165) is 41.8 Å². The molecule has 0 spiro atoms. The predicted molar refractivity (Wildman–Crippen MR) is 128 cm³/mol. The van der Waals surface area contributed by atoms with Crippen LogP contribution in [0, 0.1) is 0 Å². The van der Waals surface area contributed by atoms with Crippen LogP contribution in [0.15, 0.2) is 54.4 Å². The van der Waals surface area contributed by atoms with Crippen LogP contribution in [0.4, 0.5) is 4.79 Å². The van der Waals surface area contributed by atoms with Gasteiger partial charge < -0.3 is 10.1 Å². The van der Waals surface area contributed by atoms with Crippen molar-refractivity contribution in [2.75, 3.05) is 0 Å². The van der Waals surface area contributed by atoms with E-state index < -0.39 is 5.60 Å². The lowest BCUT2D eigenvalue weighted by Gasteiger charge is -2.38. The first kappa shape index (κ1) is 22.5. The molecule has 1 saturated heterocycles. The van der Waals surface area contributed by atoms with Crippen molar-refractivity contribution in [2.24, 2.45) is 0 Å². The molecule has 1 atom stereocenters. The molecule has 3 heterocycles. The highest BCUT2D eigenvalue weighted by Crippen LogP contribution is 2.44. The van der Waals surface area contributed by atoms with Crippen LogP contribution in [0.1, 0.15) is 61.6 Å². The lowest BCUT2D eigenvalue weighted by molar-refractivity contribution is 0.0663. The first-order valence-corrected chi connectivity index (χ1v) is 12.4. The molecule has 2 aromatic heterocycles. The molecular weight excluding hydrogens is 450 g/mol. The third-order valence-electron chi connectivity index (χ3n) is 6.58. The van der Waals surface area contributed by atoms with E-state index in [0.29, 0.717) is 5.69 Å². The highest BCUT2D eigenvalue weighted by atomic mass is 32.1. The van der Waals surface area contributed by atoms with Gasteiger partial charge in [-0.05, 0) is 45.1 Å². The van der Waals surface area contributed by atoms with Gasteiger partial charge >= 0.3 is 6.09 Å². The summed E-state index contributed by atoms with van der Waals surface area (Å²) in [4.78, 5) is 40.0. The third-order valence-corrected chi connectivity index (χ3v) is 7.47. The molecule has 34 heavy (non-hydrogen) atoms. The quantitative estimate of drug-likeness (QED) is 0.576. The molecule has 1 aliphatic heterocycles. The van der Waals surface area contributed by atoms with E-state index in [1.165, 1.54) is 17.7 Å². The Kier molecular flexibility index (Phi) is 6.03. The molecule has 2 aliphatic rings. The van der Waals surface area contributed by atoms with Gasteiger partial charge in [0.1, 0.15) is 22.6 Å². The smallest absolute Gasteiger partial charge is 0.411 e. The van der Waals surface area contributed by atoms with Gasteiger partial charge in [0.15, 0.2) is 0 Å². The second kappa shape index (κ2) is 9.13. The maximum atomic E-state index is 12.9. The molecular formula is C25H27N5O3S. The lowest BCUT2D eigenvalue weighted by atomic mass is 9.86. The number of hydrogen-bond donors (Lipinski definition) is 1. The van der Waals surface area contributed by atoms with Crippen LogP contribution in [0.5, 0.6) is 0 Å². The van der Waals surface area contributed by atoms with Crippen LogP contribution in [-0.4, -0.2) is 49.5 Å². The molecule has 3 aromatic rings. The summed E-state index contributed by atoms with van der Waals surface area (Å²) < 4.78 is 5.77. The second-order valence-corrected chi connectivity index (χ2v) is 10.2. The van der Waals surface area contributed by atoms with E-state index in [2.05, 4.69) is 32.4 Å². The van der Waals surface area contributed by atoms with Crippen molar-refractivity contribution in [3.8, 4) is 10.6 Å². The Morgan fingerprint density at radius 1 is 1.12 bits per heavy atom. The highest BCUT2D eigenvalue weighted by molar-refractivity contribution is 7.13. The van der Waals surface area contributed by atoms with Crippen molar-refractivity contribution in [1.82, 2.24) is 25.2 Å². The summed E-state index contributed by atoms with van der Waals surface area (Å²) in [5, 5.41) is 5.60. The summed E-state index contributed by atoms with van der Waals surface area (Å²) in [6.45, 7) is 3.94. The van der Waals surface area contributed by atoms with Gasteiger partial charge in [0.05, 0.1) is 6.04 Å². The summed E-state index contributed by atoms with van der Waals surface area (Å²) in [6, 6.07) is 10.1. The van der Waals surface area contributed by atoms with E-state index in [1.54, 1.807) is 17.8 Å². The van der Waals surface area contributed by atoms with Gasteiger partial charge in [-0.15, -0.1) is 11.3 Å². The monoisotopic (exact) mass is 477 g/mol. The van der Waals surface area contributed by atoms with Gasteiger partial charge in [0.2, 0.25) is 0 Å². The minimum atomic E-state index is -0.602. The average molecular weight is 478 g/mol. The zero-order valence-corrected chi connectivity index (χ0v) is 20.0. The Morgan fingerprint density at radius 3 is 2.53 bits per heavy atom. The van der Waals surface area contributed by atoms with E-state index in [-0.39, 0.29) is 30.1 Å². The average Bonchev–Trinajstić information content (AvgIpc) is 3.43. The topological polar surface area (TPSA) is 97.3 Å². The molecule has 0 bridgehead atoms. The summed E-state index contributed by atoms with van der Waals surface area (Å²) in [7, 11) is 0. The van der Waals surface area contributed by atoms with Crippen molar-refractivity contribution < 1.29 is 14.3 Å². The van der Waals surface area contributed by atoms with Crippen LogP contribution < -0.4 is 5.32 Å². The lowest BCUT2D eigenvalue weighted by Crippen LogP contribution is -2.46.